The maximum absolute atomic E-state index is 10.4. The second kappa shape index (κ2) is 2.48. The highest BCUT2D eigenvalue weighted by Gasteiger charge is 2.08. The molecule has 66 valence electrons. The van der Waals surface area contributed by atoms with Gasteiger partial charge in [-0.05, 0) is 6.07 Å². The lowest BCUT2D eigenvalue weighted by molar-refractivity contribution is -0.384. The minimum atomic E-state index is -0.469. The minimum Gasteiger partial charge on any atom is -0.494 e. The Kier molecular flexibility index (Phi) is 1.45. The Hall–Kier alpha value is -2.04. The van der Waals surface area contributed by atoms with Crippen molar-refractivity contribution in [3.05, 3.63) is 34.5 Å². The van der Waals surface area contributed by atoms with Crippen LogP contribution in [0.15, 0.2) is 24.4 Å². The van der Waals surface area contributed by atoms with Crippen LogP contribution < -0.4 is 0 Å². The van der Waals surface area contributed by atoms with E-state index in [0.29, 0.717) is 10.8 Å². The van der Waals surface area contributed by atoms with Gasteiger partial charge < -0.3 is 10.1 Å². The molecule has 0 amide bonds. The molecule has 1 aromatic carbocycles. The number of H-pyrrole nitrogens is 1. The smallest absolute Gasteiger partial charge is 0.270 e. The fourth-order valence-electron chi connectivity index (χ4n) is 1.22. The van der Waals surface area contributed by atoms with E-state index in [1.807, 2.05) is 0 Å². The zero-order chi connectivity index (χ0) is 9.42. The quantitative estimate of drug-likeness (QED) is 0.516. The molecule has 2 rings (SSSR count). The summed E-state index contributed by atoms with van der Waals surface area (Å²) < 4.78 is 0. The fourth-order valence-corrected chi connectivity index (χ4v) is 1.22. The molecule has 2 aromatic rings. The number of hydrogen-bond acceptors (Lipinski definition) is 3. The summed E-state index contributed by atoms with van der Waals surface area (Å²) in [6.07, 6.45) is 1.53. The van der Waals surface area contributed by atoms with Crippen molar-refractivity contribution in [1.82, 2.24) is 4.98 Å². The summed E-state index contributed by atoms with van der Waals surface area (Å²) >= 11 is 0. The summed E-state index contributed by atoms with van der Waals surface area (Å²) in [5, 5.41) is 20.8. The molecule has 0 unspecified atom stereocenters. The molecule has 0 spiro atoms. The molecule has 5 nitrogen and oxygen atoms in total. The Morgan fingerprint density at radius 2 is 2.23 bits per heavy atom. The third-order valence-electron chi connectivity index (χ3n) is 1.87. The van der Waals surface area contributed by atoms with Crippen LogP contribution in [0, 0.1) is 10.1 Å². The monoisotopic (exact) mass is 178 g/mol. The van der Waals surface area contributed by atoms with Crippen LogP contribution in [0.25, 0.3) is 10.8 Å². The molecule has 13 heavy (non-hydrogen) atoms. The number of fused-ring (bicyclic) bond motifs is 1. The molecule has 0 aliphatic heterocycles. The zero-order valence-corrected chi connectivity index (χ0v) is 6.52. The van der Waals surface area contributed by atoms with E-state index in [4.69, 9.17) is 0 Å². The Morgan fingerprint density at radius 3 is 2.92 bits per heavy atom. The van der Waals surface area contributed by atoms with Crippen LogP contribution in [0.5, 0.6) is 5.88 Å². The lowest BCUT2D eigenvalue weighted by atomic mass is 10.2. The van der Waals surface area contributed by atoms with Gasteiger partial charge in [0.2, 0.25) is 0 Å². The van der Waals surface area contributed by atoms with Gasteiger partial charge in [-0.1, -0.05) is 0 Å². The number of rotatable bonds is 1. The largest absolute Gasteiger partial charge is 0.494 e. The molecule has 2 N–H and O–H groups in total. The normalized spacial score (nSPS) is 10.5. The van der Waals surface area contributed by atoms with Gasteiger partial charge in [-0.15, -0.1) is 0 Å². The Morgan fingerprint density at radius 1 is 1.46 bits per heavy atom. The molecular formula is C8H6N2O3. The van der Waals surface area contributed by atoms with E-state index in [0.717, 1.165) is 0 Å². The van der Waals surface area contributed by atoms with Crippen molar-refractivity contribution in [2.45, 2.75) is 0 Å². The van der Waals surface area contributed by atoms with Gasteiger partial charge in [-0.2, -0.15) is 0 Å². The second-order valence-corrected chi connectivity index (χ2v) is 2.67. The second-order valence-electron chi connectivity index (χ2n) is 2.67. The van der Waals surface area contributed by atoms with Crippen molar-refractivity contribution in [1.29, 1.82) is 0 Å². The Balaban J connectivity index is 2.70. The predicted octanol–water partition coefficient (Wildman–Crippen LogP) is 1.78. The third-order valence-corrected chi connectivity index (χ3v) is 1.87. The molecule has 0 aliphatic carbocycles. The van der Waals surface area contributed by atoms with Crippen molar-refractivity contribution in [3.63, 3.8) is 0 Å². The molecule has 5 heteroatoms. The number of hydrogen-bond donors (Lipinski definition) is 2. The van der Waals surface area contributed by atoms with E-state index < -0.39 is 4.92 Å². The van der Waals surface area contributed by atoms with E-state index in [-0.39, 0.29) is 11.6 Å². The average molecular weight is 178 g/mol. The van der Waals surface area contributed by atoms with Gasteiger partial charge in [0.05, 0.1) is 4.92 Å². The molecule has 0 radical (unpaired) electrons. The number of aromatic nitrogens is 1. The van der Waals surface area contributed by atoms with Crippen molar-refractivity contribution in [2.75, 3.05) is 0 Å². The lowest BCUT2D eigenvalue weighted by Gasteiger charge is -1.91. The van der Waals surface area contributed by atoms with Crippen LogP contribution in [-0.4, -0.2) is 15.0 Å². The van der Waals surface area contributed by atoms with Crippen LogP contribution in [0.3, 0.4) is 0 Å². The van der Waals surface area contributed by atoms with Crippen molar-refractivity contribution >= 4 is 16.5 Å². The van der Waals surface area contributed by atoms with E-state index in [1.165, 1.54) is 24.4 Å². The summed E-state index contributed by atoms with van der Waals surface area (Å²) in [5.41, 5.74) is 0.0199. The summed E-state index contributed by atoms with van der Waals surface area (Å²) in [6.45, 7) is 0. The molecule has 0 aliphatic rings. The lowest BCUT2D eigenvalue weighted by Crippen LogP contribution is -1.85. The number of benzene rings is 1. The predicted molar refractivity (Wildman–Crippen MR) is 46.6 cm³/mol. The number of aromatic amines is 1. The topological polar surface area (TPSA) is 79.2 Å². The number of nitrogens with zero attached hydrogens (tertiary/aromatic N) is 1. The average Bonchev–Trinajstić information content (AvgIpc) is 2.47. The van der Waals surface area contributed by atoms with E-state index in [9.17, 15) is 15.2 Å². The van der Waals surface area contributed by atoms with Gasteiger partial charge in [-0.25, -0.2) is 0 Å². The maximum Gasteiger partial charge on any atom is 0.270 e. The highest BCUT2D eigenvalue weighted by molar-refractivity contribution is 5.89. The van der Waals surface area contributed by atoms with Crippen LogP contribution in [0.2, 0.25) is 0 Å². The number of nitro groups is 1. The first kappa shape index (κ1) is 7.60. The molecule has 0 saturated carbocycles. The van der Waals surface area contributed by atoms with Gasteiger partial charge in [0, 0.05) is 29.1 Å². The number of non-ortho nitro benzene ring substituents is 1. The summed E-state index contributed by atoms with van der Waals surface area (Å²) in [7, 11) is 0. The first-order chi connectivity index (χ1) is 6.18. The fraction of sp³-hybridized carbons (Fsp3) is 0. The summed E-state index contributed by atoms with van der Waals surface area (Å²) in [5.74, 6) is 0.0323. The SMILES string of the molecule is O=[N+]([O-])c1ccc2c(O)[nH]cc2c1. The van der Waals surface area contributed by atoms with Gasteiger partial charge >= 0.3 is 0 Å². The molecular weight excluding hydrogens is 172 g/mol. The van der Waals surface area contributed by atoms with Gasteiger partial charge in [0.25, 0.3) is 5.69 Å². The molecule has 0 atom stereocenters. The number of nitro benzene ring substituents is 1. The van der Waals surface area contributed by atoms with E-state index in [2.05, 4.69) is 4.98 Å². The van der Waals surface area contributed by atoms with Crippen LogP contribution >= 0.6 is 0 Å². The standard InChI is InChI=1S/C8H6N2O3/c11-8-7-2-1-6(10(12)13)3-5(7)4-9-8/h1-4,9,11H. The highest BCUT2D eigenvalue weighted by atomic mass is 16.6. The number of nitrogens with one attached hydrogen (secondary N) is 1. The first-order valence-corrected chi connectivity index (χ1v) is 3.63. The minimum absolute atomic E-state index is 0.0199. The van der Waals surface area contributed by atoms with Crippen molar-refractivity contribution in [2.24, 2.45) is 0 Å². The van der Waals surface area contributed by atoms with Crippen LogP contribution in [0.1, 0.15) is 0 Å². The van der Waals surface area contributed by atoms with Crippen LogP contribution in [0.4, 0.5) is 5.69 Å². The van der Waals surface area contributed by atoms with Crippen molar-refractivity contribution < 1.29 is 10.0 Å². The van der Waals surface area contributed by atoms with E-state index in [1.54, 1.807) is 0 Å². The summed E-state index contributed by atoms with van der Waals surface area (Å²) in [6, 6.07) is 4.28. The maximum atomic E-state index is 10.4. The molecule has 0 bridgehead atoms. The molecule has 1 heterocycles. The Bertz CT molecular complexity index is 475. The zero-order valence-electron chi connectivity index (χ0n) is 6.52. The van der Waals surface area contributed by atoms with Crippen molar-refractivity contribution in [3.8, 4) is 5.88 Å². The van der Waals surface area contributed by atoms with Gasteiger partial charge in [-0.3, -0.25) is 10.1 Å². The van der Waals surface area contributed by atoms with Gasteiger partial charge in [0.15, 0.2) is 5.88 Å². The summed E-state index contributed by atoms with van der Waals surface area (Å²) in [4.78, 5) is 12.5. The molecule has 0 saturated heterocycles. The Labute approximate surface area is 72.8 Å². The van der Waals surface area contributed by atoms with Crippen LogP contribution in [-0.2, 0) is 0 Å². The van der Waals surface area contributed by atoms with E-state index >= 15 is 0 Å². The van der Waals surface area contributed by atoms with Gasteiger partial charge in [0.1, 0.15) is 0 Å². The number of aromatic hydroxyl groups is 1. The first-order valence-electron chi connectivity index (χ1n) is 3.63. The molecule has 0 fully saturated rings. The third kappa shape index (κ3) is 1.10. The highest BCUT2D eigenvalue weighted by Crippen LogP contribution is 2.26. The molecule has 1 aromatic heterocycles.